The quantitative estimate of drug-likeness (QED) is 0.220. The number of benzene rings is 3. The smallest absolute Gasteiger partial charge is 0.196 e. The van der Waals surface area contributed by atoms with Crippen LogP contribution in [0.2, 0.25) is 0 Å². The summed E-state index contributed by atoms with van der Waals surface area (Å²) in [5.74, 6) is -1.32. The van der Waals surface area contributed by atoms with E-state index in [1.54, 1.807) is 56.5 Å². The number of ether oxygens (including phenoxy) is 2. The van der Waals surface area contributed by atoms with Gasteiger partial charge in [0, 0.05) is 6.07 Å². The summed E-state index contributed by atoms with van der Waals surface area (Å²) in [5.41, 5.74) is -0.0765. The zero-order chi connectivity index (χ0) is 24.9. The molecule has 1 aromatic heterocycles. The predicted molar refractivity (Wildman–Crippen MR) is 125 cm³/mol. The lowest BCUT2D eigenvalue weighted by Crippen LogP contribution is -2.17. The maximum absolute atomic E-state index is 14.7. The van der Waals surface area contributed by atoms with Crippen molar-refractivity contribution in [2.24, 2.45) is 0 Å². The zero-order valence-electron chi connectivity index (χ0n) is 18.7. The Morgan fingerprint density at radius 3 is 2.37 bits per heavy atom. The summed E-state index contributed by atoms with van der Waals surface area (Å²) >= 11 is 0.978. The molecule has 0 saturated heterocycles. The molecule has 0 aliphatic heterocycles. The van der Waals surface area contributed by atoms with Crippen molar-refractivity contribution in [2.75, 3.05) is 7.11 Å². The van der Waals surface area contributed by atoms with Gasteiger partial charge >= 0.3 is 0 Å². The van der Waals surface area contributed by atoms with Gasteiger partial charge in [0.25, 0.3) is 0 Å². The second-order valence-electron chi connectivity index (χ2n) is 7.40. The van der Waals surface area contributed by atoms with E-state index in [0.717, 1.165) is 23.9 Å². The van der Waals surface area contributed by atoms with Crippen LogP contribution in [0.5, 0.6) is 11.5 Å². The topological polar surface area (TPSA) is 66.2 Å². The van der Waals surface area contributed by atoms with Gasteiger partial charge in [0.15, 0.2) is 16.8 Å². The van der Waals surface area contributed by atoms with E-state index in [4.69, 9.17) is 9.47 Å². The molecule has 6 nitrogen and oxygen atoms in total. The molecule has 0 radical (unpaired) electrons. The molecule has 4 rings (SSSR count). The minimum Gasteiger partial charge on any atom is -0.497 e. The lowest BCUT2D eigenvalue weighted by molar-refractivity contribution is 0.0990. The number of nitrogens with zero attached hydrogens (tertiary/aromatic N) is 3. The molecule has 0 N–H and O–H groups in total. The van der Waals surface area contributed by atoms with Crippen LogP contribution in [0.3, 0.4) is 0 Å². The van der Waals surface area contributed by atoms with Gasteiger partial charge in [-0.25, -0.2) is 13.2 Å². The average Bonchev–Trinajstić information content (AvgIpc) is 3.25. The highest BCUT2D eigenvalue weighted by molar-refractivity contribution is 8.00. The van der Waals surface area contributed by atoms with Crippen LogP contribution < -0.4 is 9.47 Å². The number of rotatable bonds is 9. The van der Waals surface area contributed by atoms with Crippen molar-refractivity contribution in [3.8, 4) is 17.2 Å². The van der Waals surface area contributed by atoms with Gasteiger partial charge in [0.1, 0.15) is 35.6 Å². The number of Topliss-reactive ketones (excluding diaryl/α,β-unsaturated/α-hetero) is 1. The maximum atomic E-state index is 14.7. The van der Waals surface area contributed by atoms with Crippen molar-refractivity contribution in [3.63, 3.8) is 0 Å². The number of halogens is 3. The first kappa shape index (κ1) is 24.3. The summed E-state index contributed by atoms with van der Waals surface area (Å²) in [6.07, 6.45) is 0. The molecule has 3 aromatic carbocycles. The predicted octanol–water partition coefficient (Wildman–Crippen LogP) is 5.64. The van der Waals surface area contributed by atoms with E-state index >= 15 is 0 Å². The number of carbonyl (C=O) groups is 1. The Hall–Kier alpha value is -3.79. The summed E-state index contributed by atoms with van der Waals surface area (Å²) in [4.78, 5) is 12.8. The fraction of sp³-hybridized carbons (Fsp3) is 0.160. The standard InChI is InChI=1S/C25H20F3N3O3S/c1-15(24(32)19-12-7-16(26)13-21(19)28)35-25-30-29-23(31(25)22-6-4-3-5-20(22)27)14-34-18-10-8-17(33-2)9-11-18/h3-13,15H,14H2,1-2H3. The average molecular weight is 500 g/mol. The monoisotopic (exact) mass is 499 g/mol. The van der Waals surface area contributed by atoms with Crippen LogP contribution in [0.1, 0.15) is 23.1 Å². The minimum absolute atomic E-state index is 0.0386. The van der Waals surface area contributed by atoms with Crippen molar-refractivity contribution in [1.82, 2.24) is 14.8 Å². The Kier molecular flexibility index (Phi) is 7.40. The van der Waals surface area contributed by atoms with Gasteiger partial charge in [-0.05, 0) is 55.5 Å². The highest BCUT2D eigenvalue weighted by atomic mass is 32.2. The molecule has 0 amide bonds. The van der Waals surface area contributed by atoms with E-state index in [2.05, 4.69) is 10.2 Å². The van der Waals surface area contributed by atoms with Gasteiger partial charge in [-0.1, -0.05) is 23.9 Å². The minimum atomic E-state index is -0.952. The van der Waals surface area contributed by atoms with Gasteiger partial charge in [0.05, 0.1) is 23.6 Å². The van der Waals surface area contributed by atoms with Crippen LogP contribution in [0.25, 0.3) is 5.69 Å². The van der Waals surface area contributed by atoms with Gasteiger partial charge in [-0.2, -0.15) is 0 Å². The molecule has 35 heavy (non-hydrogen) atoms. The van der Waals surface area contributed by atoms with Gasteiger partial charge in [0.2, 0.25) is 0 Å². The fourth-order valence-electron chi connectivity index (χ4n) is 3.28. The lowest BCUT2D eigenvalue weighted by atomic mass is 10.1. The second kappa shape index (κ2) is 10.6. The van der Waals surface area contributed by atoms with E-state index in [9.17, 15) is 18.0 Å². The molecule has 10 heteroatoms. The Bertz CT molecular complexity index is 1350. The molecule has 1 heterocycles. The number of carbonyl (C=O) groups excluding carboxylic acids is 1. The van der Waals surface area contributed by atoms with E-state index in [-0.39, 0.29) is 23.0 Å². The first-order valence-corrected chi connectivity index (χ1v) is 11.4. The van der Waals surface area contributed by atoms with Crippen LogP contribution in [0.15, 0.2) is 71.9 Å². The first-order chi connectivity index (χ1) is 16.9. The fourth-order valence-corrected chi connectivity index (χ4v) is 4.23. The summed E-state index contributed by atoms with van der Waals surface area (Å²) in [5, 5.41) is 7.66. The number of thioether (sulfide) groups is 1. The summed E-state index contributed by atoms with van der Waals surface area (Å²) in [6.45, 7) is 1.52. The number of hydrogen-bond acceptors (Lipinski definition) is 6. The van der Waals surface area contributed by atoms with Crippen LogP contribution in [0, 0.1) is 17.5 Å². The molecule has 180 valence electrons. The zero-order valence-corrected chi connectivity index (χ0v) is 19.6. The first-order valence-electron chi connectivity index (χ1n) is 10.5. The van der Waals surface area contributed by atoms with Crippen molar-refractivity contribution < 1.29 is 27.4 Å². The highest BCUT2D eigenvalue weighted by Gasteiger charge is 2.25. The van der Waals surface area contributed by atoms with E-state index < -0.39 is 28.5 Å². The Balaban J connectivity index is 1.62. The van der Waals surface area contributed by atoms with E-state index in [1.165, 1.54) is 10.6 Å². The Morgan fingerprint density at radius 2 is 1.69 bits per heavy atom. The third kappa shape index (κ3) is 5.48. The lowest BCUT2D eigenvalue weighted by Gasteiger charge is -2.14. The normalized spacial score (nSPS) is 11.8. The maximum Gasteiger partial charge on any atom is 0.196 e. The molecule has 0 aliphatic rings. The molecule has 1 unspecified atom stereocenters. The van der Waals surface area contributed by atoms with Crippen LogP contribution in [0.4, 0.5) is 13.2 Å². The number of hydrogen-bond donors (Lipinski definition) is 0. The molecular formula is C25H20F3N3O3S. The summed E-state index contributed by atoms with van der Waals surface area (Å²) < 4.78 is 54.5. The summed E-state index contributed by atoms with van der Waals surface area (Å²) in [7, 11) is 1.56. The molecule has 0 saturated carbocycles. The van der Waals surface area contributed by atoms with Crippen molar-refractivity contribution in [2.45, 2.75) is 23.9 Å². The van der Waals surface area contributed by atoms with Gasteiger partial charge < -0.3 is 9.47 Å². The van der Waals surface area contributed by atoms with Gasteiger partial charge in [-0.3, -0.25) is 9.36 Å². The SMILES string of the molecule is COc1ccc(OCc2nnc(SC(C)C(=O)c3ccc(F)cc3F)n2-c2ccccc2F)cc1. The molecule has 0 spiro atoms. The third-order valence-electron chi connectivity index (χ3n) is 5.07. The van der Waals surface area contributed by atoms with E-state index in [1.807, 2.05) is 0 Å². The highest BCUT2D eigenvalue weighted by Crippen LogP contribution is 2.30. The number of para-hydroxylation sites is 1. The Labute approximate surface area is 203 Å². The number of aromatic nitrogens is 3. The molecule has 0 aliphatic carbocycles. The molecule has 0 bridgehead atoms. The molecule has 4 aromatic rings. The van der Waals surface area contributed by atoms with Crippen molar-refractivity contribution in [3.05, 3.63) is 95.6 Å². The Morgan fingerprint density at radius 1 is 0.971 bits per heavy atom. The molecule has 1 atom stereocenters. The largest absolute Gasteiger partial charge is 0.497 e. The number of methoxy groups -OCH3 is 1. The summed E-state index contributed by atoms with van der Waals surface area (Å²) in [6, 6.07) is 15.7. The van der Waals surface area contributed by atoms with Crippen LogP contribution >= 0.6 is 11.8 Å². The van der Waals surface area contributed by atoms with E-state index in [0.29, 0.717) is 23.4 Å². The second-order valence-corrected chi connectivity index (χ2v) is 8.71. The number of ketones is 1. The van der Waals surface area contributed by atoms with Crippen molar-refractivity contribution in [1.29, 1.82) is 0 Å². The van der Waals surface area contributed by atoms with Crippen LogP contribution in [-0.4, -0.2) is 32.9 Å². The van der Waals surface area contributed by atoms with Gasteiger partial charge in [-0.15, -0.1) is 10.2 Å². The molecular weight excluding hydrogens is 479 g/mol. The molecule has 0 fully saturated rings. The third-order valence-corrected chi connectivity index (χ3v) is 6.11. The van der Waals surface area contributed by atoms with Crippen molar-refractivity contribution >= 4 is 17.5 Å². The van der Waals surface area contributed by atoms with Crippen LogP contribution in [-0.2, 0) is 6.61 Å².